The largest absolute Gasteiger partial charge is 0.384 e. The summed E-state index contributed by atoms with van der Waals surface area (Å²) in [5, 5.41) is 11.0. The van der Waals surface area contributed by atoms with E-state index in [-0.39, 0.29) is 0 Å². The molecule has 6 heteroatoms. The van der Waals surface area contributed by atoms with Crippen molar-refractivity contribution in [1.82, 2.24) is 20.2 Å². The highest BCUT2D eigenvalue weighted by molar-refractivity contribution is 5.60. The van der Waals surface area contributed by atoms with Gasteiger partial charge in [0.05, 0.1) is 12.2 Å². The van der Waals surface area contributed by atoms with Gasteiger partial charge in [0.15, 0.2) is 5.82 Å². The molecule has 3 rings (SSSR count). The minimum absolute atomic E-state index is 0.422. The topological polar surface area (TPSA) is 89.6 Å². The lowest BCUT2D eigenvalue weighted by Gasteiger charge is -2.08. The number of anilines is 2. The highest BCUT2D eigenvalue weighted by Crippen LogP contribution is 2.18. The third-order valence-corrected chi connectivity index (χ3v) is 2.86. The van der Waals surface area contributed by atoms with Gasteiger partial charge in [-0.25, -0.2) is 9.97 Å². The summed E-state index contributed by atoms with van der Waals surface area (Å²) >= 11 is 0. The van der Waals surface area contributed by atoms with Crippen molar-refractivity contribution in [3.05, 3.63) is 60.4 Å². The van der Waals surface area contributed by atoms with Crippen LogP contribution in [0, 0.1) is 0 Å². The first kappa shape index (κ1) is 13.0. The van der Waals surface area contributed by atoms with Crippen LogP contribution in [0.5, 0.6) is 0 Å². The molecule has 0 saturated carbocycles. The molecule has 2 aromatic heterocycles. The molecule has 1 aromatic carbocycles. The fourth-order valence-corrected chi connectivity index (χ4v) is 1.88. The Morgan fingerprint density at radius 3 is 2.62 bits per heavy atom. The van der Waals surface area contributed by atoms with Crippen LogP contribution < -0.4 is 11.1 Å². The molecule has 0 atom stereocenters. The number of nitrogens with two attached hydrogens (primary N) is 1. The van der Waals surface area contributed by atoms with Gasteiger partial charge in [0.2, 0.25) is 0 Å². The van der Waals surface area contributed by atoms with Gasteiger partial charge in [-0.3, -0.25) is 0 Å². The van der Waals surface area contributed by atoms with Crippen LogP contribution in [0.2, 0.25) is 0 Å². The lowest BCUT2D eigenvalue weighted by Crippen LogP contribution is -2.06. The van der Waals surface area contributed by atoms with Gasteiger partial charge in [0.1, 0.15) is 11.6 Å². The van der Waals surface area contributed by atoms with E-state index < -0.39 is 0 Å². The molecule has 0 unspecified atom stereocenters. The minimum atomic E-state index is 0.422. The predicted molar refractivity (Wildman–Crippen MR) is 81.2 cm³/mol. The van der Waals surface area contributed by atoms with E-state index in [1.807, 2.05) is 42.5 Å². The Morgan fingerprint density at radius 2 is 1.86 bits per heavy atom. The smallest absolute Gasteiger partial charge is 0.163 e. The van der Waals surface area contributed by atoms with Crippen LogP contribution in [-0.4, -0.2) is 20.2 Å². The van der Waals surface area contributed by atoms with Crippen molar-refractivity contribution in [2.75, 3.05) is 11.1 Å². The van der Waals surface area contributed by atoms with E-state index in [9.17, 15) is 0 Å². The predicted octanol–water partition coefficient (Wildman–Crippen LogP) is 2.13. The second-order valence-corrected chi connectivity index (χ2v) is 4.44. The van der Waals surface area contributed by atoms with Gasteiger partial charge < -0.3 is 11.1 Å². The molecule has 21 heavy (non-hydrogen) atoms. The Labute approximate surface area is 122 Å². The lowest BCUT2D eigenvalue weighted by atomic mass is 10.2. The molecule has 6 nitrogen and oxygen atoms in total. The summed E-state index contributed by atoms with van der Waals surface area (Å²) in [4.78, 5) is 8.73. The van der Waals surface area contributed by atoms with Gasteiger partial charge in [0, 0.05) is 17.8 Å². The Morgan fingerprint density at radius 1 is 1.00 bits per heavy atom. The summed E-state index contributed by atoms with van der Waals surface area (Å²) in [6, 6.07) is 15.1. The van der Waals surface area contributed by atoms with E-state index in [1.54, 1.807) is 12.3 Å². The average molecular weight is 278 g/mol. The van der Waals surface area contributed by atoms with E-state index in [1.165, 1.54) is 0 Å². The fourth-order valence-electron chi connectivity index (χ4n) is 1.88. The summed E-state index contributed by atoms with van der Waals surface area (Å²) in [6.07, 6.45) is 1.64. The van der Waals surface area contributed by atoms with Gasteiger partial charge >= 0.3 is 0 Å². The molecule has 0 aliphatic heterocycles. The summed E-state index contributed by atoms with van der Waals surface area (Å²) in [6.45, 7) is 0.526. The van der Waals surface area contributed by atoms with Crippen LogP contribution in [0.3, 0.4) is 0 Å². The summed E-state index contributed by atoms with van der Waals surface area (Å²) in [5.41, 5.74) is 7.60. The molecule has 0 amide bonds. The Balaban J connectivity index is 1.82. The van der Waals surface area contributed by atoms with Crippen LogP contribution in [0.15, 0.2) is 54.7 Å². The Kier molecular flexibility index (Phi) is 3.68. The number of hydrogen-bond acceptors (Lipinski definition) is 6. The SMILES string of the molecule is Nc1cc(NCc2cccnn2)nc(-c2ccccc2)n1. The first-order valence-corrected chi connectivity index (χ1v) is 6.52. The maximum atomic E-state index is 5.85. The van der Waals surface area contributed by atoms with Gasteiger partial charge in [-0.15, -0.1) is 0 Å². The van der Waals surface area contributed by atoms with E-state index >= 15 is 0 Å². The van der Waals surface area contributed by atoms with E-state index in [2.05, 4.69) is 25.5 Å². The number of hydrogen-bond donors (Lipinski definition) is 2. The number of benzene rings is 1. The second kappa shape index (κ2) is 5.96. The first-order valence-electron chi connectivity index (χ1n) is 6.52. The number of aromatic nitrogens is 4. The van der Waals surface area contributed by atoms with Crippen molar-refractivity contribution >= 4 is 11.6 Å². The van der Waals surface area contributed by atoms with Crippen molar-refractivity contribution in [1.29, 1.82) is 0 Å². The zero-order valence-corrected chi connectivity index (χ0v) is 11.3. The highest BCUT2D eigenvalue weighted by Gasteiger charge is 2.05. The molecule has 0 fully saturated rings. The van der Waals surface area contributed by atoms with E-state index in [4.69, 9.17) is 5.73 Å². The molecule has 0 bridgehead atoms. The van der Waals surface area contributed by atoms with Gasteiger partial charge in [-0.05, 0) is 12.1 Å². The number of nitrogens with one attached hydrogen (secondary N) is 1. The zero-order chi connectivity index (χ0) is 14.5. The van der Waals surface area contributed by atoms with Crippen LogP contribution in [0.1, 0.15) is 5.69 Å². The summed E-state index contributed by atoms with van der Waals surface area (Å²) in [7, 11) is 0. The molecular weight excluding hydrogens is 264 g/mol. The standard InChI is InChI=1S/C15H14N6/c16-13-9-14(17-10-12-7-4-8-18-21-12)20-15(19-13)11-5-2-1-3-6-11/h1-9H,10H2,(H3,16,17,19,20). The molecule has 0 radical (unpaired) electrons. The maximum absolute atomic E-state index is 5.85. The number of nitrogen functional groups attached to an aromatic ring is 1. The maximum Gasteiger partial charge on any atom is 0.163 e. The van der Waals surface area contributed by atoms with Crippen molar-refractivity contribution in [2.45, 2.75) is 6.54 Å². The summed E-state index contributed by atoms with van der Waals surface area (Å²) < 4.78 is 0. The quantitative estimate of drug-likeness (QED) is 0.760. The van der Waals surface area contributed by atoms with Gasteiger partial charge in [-0.2, -0.15) is 10.2 Å². The highest BCUT2D eigenvalue weighted by atomic mass is 15.1. The molecular formula is C15H14N6. The van der Waals surface area contributed by atoms with Crippen LogP contribution >= 0.6 is 0 Å². The monoisotopic (exact) mass is 278 g/mol. The Hall–Kier alpha value is -3.02. The first-order chi connectivity index (χ1) is 10.3. The van der Waals surface area contributed by atoms with Crippen molar-refractivity contribution in [3.63, 3.8) is 0 Å². The van der Waals surface area contributed by atoms with Crippen molar-refractivity contribution < 1.29 is 0 Å². The number of nitrogens with zero attached hydrogens (tertiary/aromatic N) is 4. The molecule has 0 aliphatic rings. The van der Waals surface area contributed by atoms with Crippen molar-refractivity contribution in [2.24, 2.45) is 0 Å². The Bertz CT molecular complexity index is 715. The summed E-state index contributed by atoms with van der Waals surface area (Å²) in [5.74, 6) is 1.68. The zero-order valence-electron chi connectivity index (χ0n) is 11.3. The average Bonchev–Trinajstić information content (AvgIpc) is 2.54. The molecule has 104 valence electrons. The third kappa shape index (κ3) is 3.30. The molecule has 0 aliphatic carbocycles. The lowest BCUT2D eigenvalue weighted by molar-refractivity contribution is 0.920. The van der Waals surface area contributed by atoms with Crippen LogP contribution in [-0.2, 0) is 6.54 Å². The number of rotatable bonds is 4. The molecule has 0 spiro atoms. The fraction of sp³-hybridized carbons (Fsp3) is 0.0667. The molecule has 2 heterocycles. The second-order valence-electron chi connectivity index (χ2n) is 4.44. The minimum Gasteiger partial charge on any atom is -0.384 e. The third-order valence-electron chi connectivity index (χ3n) is 2.86. The molecule has 3 N–H and O–H groups in total. The molecule has 3 aromatic rings. The van der Waals surface area contributed by atoms with Crippen LogP contribution in [0.25, 0.3) is 11.4 Å². The normalized spacial score (nSPS) is 10.3. The molecule has 0 saturated heterocycles. The van der Waals surface area contributed by atoms with Gasteiger partial charge in [0.25, 0.3) is 0 Å². The van der Waals surface area contributed by atoms with Gasteiger partial charge in [-0.1, -0.05) is 30.3 Å². The van der Waals surface area contributed by atoms with E-state index in [0.29, 0.717) is 24.0 Å². The van der Waals surface area contributed by atoms with E-state index in [0.717, 1.165) is 11.3 Å². The van der Waals surface area contributed by atoms with Crippen LogP contribution in [0.4, 0.5) is 11.6 Å². The van der Waals surface area contributed by atoms with Crippen molar-refractivity contribution in [3.8, 4) is 11.4 Å².